The van der Waals surface area contributed by atoms with E-state index < -0.39 is 4.92 Å². The summed E-state index contributed by atoms with van der Waals surface area (Å²) in [6.07, 6.45) is 3.05. The molecule has 3 heterocycles. The summed E-state index contributed by atoms with van der Waals surface area (Å²) in [4.78, 5) is 28.1. The average molecular weight is 446 g/mol. The number of nitro groups is 1. The summed E-state index contributed by atoms with van der Waals surface area (Å²) in [5, 5.41) is 15.6. The minimum absolute atomic E-state index is 0.0707. The van der Waals surface area contributed by atoms with Crippen molar-refractivity contribution < 1.29 is 4.92 Å². The zero-order valence-electron chi connectivity index (χ0n) is 15.7. The molecule has 1 aliphatic rings. The van der Waals surface area contributed by atoms with Gasteiger partial charge in [-0.2, -0.15) is 0 Å². The lowest BCUT2D eigenvalue weighted by Gasteiger charge is -2.35. The number of nitrogens with zero attached hydrogens (tertiary/aromatic N) is 6. The Bertz CT molecular complexity index is 1060. The van der Waals surface area contributed by atoms with Gasteiger partial charge in [0.05, 0.1) is 15.6 Å². The molecule has 0 atom stereocenters. The fourth-order valence-electron chi connectivity index (χ4n) is 3.27. The van der Waals surface area contributed by atoms with Crippen LogP contribution in [0.4, 0.5) is 28.8 Å². The van der Waals surface area contributed by atoms with Crippen LogP contribution in [-0.4, -0.2) is 46.1 Å². The van der Waals surface area contributed by atoms with Crippen LogP contribution in [0.1, 0.15) is 0 Å². The predicted octanol–water partition coefficient (Wildman–Crippen LogP) is 4.16. The van der Waals surface area contributed by atoms with Gasteiger partial charge in [-0.15, -0.1) is 0 Å². The molecule has 4 rings (SSSR count). The average Bonchev–Trinajstić information content (AvgIpc) is 2.76. The fraction of sp³-hybridized carbons (Fsp3) is 0.211. The highest BCUT2D eigenvalue weighted by molar-refractivity contribution is 6.36. The van der Waals surface area contributed by atoms with Crippen LogP contribution in [0.3, 0.4) is 0 Å². The Kier molecular flexibility index (Phi) is 5.82. The zero-order valence-corrected chi connectivity index (χ0v) is 17.2. The number of nitrogens with one attached hydrogen (secondary N) is 1. The number of piperazine rings is 1. The molecule has 1 aromatic carbocycles. The molecule has 30 heavy (non-hydrogen) atoms. The van der Waals surface area contributed by atoms with Gasteiger partial charge in [-0.25, -0.2) is 15.0 Å². The van der Waals surface area contributed by atoms with Gasteiger partial charge in [0, 0.05) is 37.4 Å². The van der Waals surface area contributed by atoms with E-state index in [-0.39, 0.29) is 17.3 Å². The van der Waals surface area contributed by atoms with Crippen LogP contribution < -0.4 is 15.1 Å². The minimum atomic E-state index is -0.480. The highest BCUT2D eigenvalue weighted by Crippen LogP contribution is 2.36. The van der Waals surface area contributed by atoms with Crippen LogP contribution in [0, 0.1) is 10.1 Å². The SMILES string of the molecule is O=[N+]([O-])c1c(Nc2ccc(Cl)cc2Cl)ncnc1N1CCN(c2ccccn2)CC1. The third-order valence-electron chi connectivity index (χ3n) is 4.72. The second kappa shape index (κ2) is 8.68. The number of benzene rings is 1. The van der Waals surface area contributed by atoms with Gasteiger partial charge in [-0.05, 0) is 30.3 Å². The van der Waals surface area contributed by atoms with Crippen LogP contribution in [0.5, 0.6) is 0 Å². The van der Waals surface area contributed by atoms with E-state index >= 15 is 0 Å². The van der Waals surface area contributed by atoms with Crippen molar-refractivity contribution in [2.75, 3.05) is 41.3 Å². The van der Waals surface area contributed by atoms with Crippen molar-refractivity contribution in [2.24, 2.45) is 0 Å². The monoisotopic (exact) mass is 445 g/mol. The lowest BCUT2D eigenvalue weighted by atomic mass is 10.2. The fourth-order valence-corrected chi connectivity index (χ4v) is 3.72. The number of rotatable bonds is 5. The molecule has 1 saturated heterocycles. The van der Waals surface area contributed by atoms with Crippen LogP contribution in [0.2, 0.25) is 10.0 Å². The molecule has 1 N–H and O–H groups in total. The maximum absolute atomic E-state index is 11.9. The Morgan fingerprint density at radius 3 is 2.43 bits per heavy atom. The van der Waals surface area contributed by atoms with Gasteiger partial charge in [-0.1, -0.05) is 29.3 Å². The van der Waals surface area contributed by atoms with E-state index in [0.29, 0.717) is 41.9 Å². The molecule has 1 fully saturated rings. The number of pyridine rings is 1. The van der Waals surface area contributed by atoms with Crippen LogP contribution in [0.15, 0.2) is 48.9 Å². The summed E-state index contributed by atoms with van der Waals surface area (Å²) < 4.78 is 0. The second-order valence-electron chi connectivity index (χ2n) is 6.56. The first-order valence-corrected chi connectivity index (χ1v) is 9.91. The predicted molar refractivity (Wildman–Crippen MR) is 117 cm³/mol. The molecule has 0 bridgehead atoms. The van der Waals surface area contributed by atoms with Crippen molar-refractivity contribution in [2.45, 2.75) is 0 Å². The maximum Gasteiger partial charge on any atom is 0.353 e. The largest absolute Gasteiger partial charge is 0.353 e. The highest BCUT2D eigenvalue weighted by Gasteiger charge is 2.29. The molecule has 0 spiro atoms. The Hall–Kier alpha value is -3.17. The number of halogens is 2. The van der Waals surface area contributed by atoms with Crippen molar-refractivity contribution in [3.63, 3.8) is 0 Å². The van der Waals surface area contributed by atoms with Gasteiger partial charge in [0.25, 0.3) is 0 Å². The van der Waals surface area contributed by atoms with Gasteiger partial charge in [0.15, 0.2) is 0 Å². The van der Waals surface area contributed by atoms with E-state index in [1.54, 1.807) is 24.4 Å². The van der Waals surface area contributed by atoms with E-state index in [2.05, 4.69) is 25.2 Å². The van der Waals surface area contributed by atoms with Gasteiger partial charge < -0.3 is 15.1 Å². The lowest BCUT2D eigenvalue weighted by Crippen LogP contribution is -2.47. The summed E-state index contributed by atoms with van der Waals surface area (Å²) >= 11 is 12.1. The number of hydrogen-bond donors (Lipinski definition) is 1. The highest BCUT2D eigenvalue weighted by atomic mass is 35.5. The topological polar surface area (TPSA) is 100 Å². The van der Waals surface area contributed by atoms with Crippen molar-refractivity contribution in [3.05, 3.63) is 69.1 Å². The first-order chi connectivity index (χ1) is 14.5. The second-order valence-corrected chi connectivity index (χ2v) is 7.41. The van der Waals surface area contributed by atoms with E-state index in [1.165, 1.54) is 6.33 Å². The molecular weight excluding hydrogens is 429 g/mol. The molecule has 2 aromatic heterocycles. The molecule has 0 amide bonds. The molecule has 154 valence electrons. The molecule has 11 heteroatoms. The Labute approximate surface area is 182 Å². The van der Waals surface area contributed by atoms with Gasteiger partial charge in [-0.3, -0.25) is 10.1 Å². The summed E-state index contributed by atoms with van der Waals surface area (Å²) in [5.74, 6) is 1.22. The van der Waals surface area contributed by atoms with Gasteiger partial charge in [0.2, 0.25) is 11.6 Å². The Morgan fingerprint density at radius 1 is 1.00 bits per heavy atom. The quantitative estimate of drug-likeness (QED) is 0.461. The third-order valence-corrected chi connectivity index (χ3v) is 5.27. The van der Waals surface area contributed by atoms with E-state index in [4.69, 9.17) is 23.2 Å². The summed E-state index contributed by atoms with van der Waals surface area (Å²) in [6.45, 7) is 2.47. The molecule has 0 saturated carbocycles. The maximum atomic E-state index is 11.9. The zero-order chi connectivity index (χ0) is 21.1. The van der Waals surface area contributed by atoms with Crippen molar-refractivity contribution in [1.29, 1.82) is 0 Å². The van der Waals surface area contributed by atoms with E-state index in [1.807, 2.05) is 23.1 Å². The van der Waals surface area contributed by atoms with Gasteiger partial charge >= 0.3 is 5.69 Å². The molecule has 0 radical (unpaired) electrons. The molecule has 1 aliphatic heterocycles. The number of hydrogen-bond acceptors (Lipinski definition) is 8. The van der Waals surface area contributed by atoms with E-state index in [9.17, 15) is 10.1 Å². The standard InChI is InChI=1S/C19H17Cl2N7O2/c20-13-4-5-15(14(21)11-13)25-18-17(28(29)30)19(24-12-23-18)27-9-7-26(8-10-27)16-3-1-2-6-22-16/h1-6,11-12H,7-10H2,(H,23,24,25). The van der Waals surface area contributed by atoms with Crippen LogP contribution in [0.25, 0.3) is 0 Å². The Morgan fingerprint density at radius 2 is 1.77 bits per heavy atom. The van der Waals surface area contributed by atoms with Crippen LogP contribution in [-0.2, 0) is 0 Å². The number of anilines is 4. The minimum Gasteiger partial charge on any atom is -0.353 e. The third kappa shape index (κ3) is 4.22. The molecule has 9 nitrogen and oxygen atoms in total. The van der Waals surface area contributed by atoms with E-state index in [0.717, 1.165) is 5.82 Å². The summed E-state index contributed by atoms with van der Waals surface area (Å²) in [7, 11) is 0. The summed E-state index contributed by atoms with van der Waals surface area (Å²) in [6, 6.07) is 10.6. The first kappa shape index (κ1) is 20.1. The smallest absolute Gasteiger partial charge is 0.353 e. The molecular formula is C19H17Cl2N7O2. The summed E-state index contributed by atoms with van der Waals surface area (Å²) in [5.41, 5.74) is 0.267. The normalized spacial score (nSPS) is 13.9. The van der Waals surface area contributed by atoms with Crippen molar-refractivity contribution >= 4 is 52.0 Å². The molecule has 3 aromatic rings. The molecule has 0 unspecified atom stereocenters. The lowest BCUT2D eigenvalue weighted by molar-refractivity contribution is -0.383. The van der Waals surface area contributed by atoms with Crippen LogP contribution >= 0.6 is 23.2 Å². The van der Waals surface area contributed by atoms with Crippen molar-refractivity contribution in [1.82, 2.24) is 15.0 Å². The van der Waals surface area contributed by atoms with Gasteiger partial charge in [0.1, 0.15) is 12.1 Å². The molecule has 0 aliphatic carbocycles. The van der Waals surface area contributed by atoms with Crippen molar-refractivity contribution in [3.8, 4) is 0 Å². The first-order valence-electron chi connectivity index (χ1n) is 9.15. The Balaban J connectivity index is 1.58. The number of aromatic nitrogens is 3.